The molecule has 0 spiro atoms. The van der Waals surface area contributed by atoms with Crippen LogP contribution in [0.1, 0.15) is 49.4 Å². The van der Waals surface area contributed by atoms with Gasteiger partial charge in [-0.3, -0.25) is 4.79 Å². The number of rotatable bonds is 4. The topological polar surface area (TPSA) is 20.3 Å². The third kappa shape index (κ3) is 2.94. The van der Waals surface area contributed by atoms with Gasteiger partial charge in [0.1, 0.15) is 0 Å². The first-order valence-corrected chi connectivity index (χ1v) is 7.57. The molecule has 1 aliphatic rings. The first kappa shape index (κ1) is 13.6. The molecule has 0 aliphatic carbocycles. The second-order valence-electron chi connectivity index (χ2n) is 4.95. The highest BCUT2D eigenvalue weighted by Crippen LogP contribution is 2.30. The minimum atomic E-state index is 0.601. The van der Waals surface area contributed by atoms with Crippen molar-refractivity contribution < 1.29 is 4.79 Å². The maximum Gasteiger partial charge on any atom is 0.152 e. The SMILES string of the molecule is CCCC1CCCCN1c1ccc(Br)cc1C=O. The molecule has 2 rings (SSSR count). The summed E-state index contributed by atoms with van der Waals surface area (Å²) in [7, 11) is 0. The molecule has 1 aromatic carbocycles. The van der Waals surface area contributed by atoms with E-state index >= 15 is 0 Å². The molecule has 0 bridgehead atoms. The third-order valence-corrected chi connectivity index (χ3v) is 4.17. The van der Waals surface area contributed by atoms with E-state index in [0.29, 0.717) is 6.04 Å². The van der Waals surface area contributed by atoms with E-state index in [1.54, 1.807) is 0 Å². The van der Waals surface area contributed by atoms with Crippen molar-refractivity contribution in [3.05, 3.63) is 28.2 Å². The Morgan fingerprint density at radius 3 is 3.00 bits per heavy atom. The lowest BCUT2D eigenvalue weighted by molar-refractivity contribution is 0.112. The molecule has 0 radical (unpaired) electrons. The first-order chi connectivity index (χ1) is 8.76. The van der Waals surface area contributed by atoms with Crippen LogP contribution in [0.4, 0.5) is 5.69 Å². The van der Waals surface area contributed by atoms with Crippen molar-refractivity contribution in [3.63, 3.8) is 0 Å². The minimum absolute atomic E-state index is 0.601. The van der Waals surface area contributed by atoms with Crippen LogP contribution in [0.15, 0.2) is 22.7 Å². The molecule has 1 atom stereocenters. The third-order valence-electron chi connectivity index (χ3n) is 3.68. The van der Waals surface area contributed by atoms with Crippen LogP contribution in [0.3, 0.4) is 0 Å². The summed E-state index contributed by atoms with van der Waals surface area (Å²) in [5.74, 6) is 0. The number of carbonyl (C=O) groups is 1. The second kappa shape index (κ2) is 6.37. The number of nitrogens with zero attached hydrogens (tertiary/aromatic N) is 1. The molecular formula is C15H20BrNO. The standard InChI is InChI=1S/C15H20BrNO/c1-2-5-14-6-3-4-9-17(14)15-8-7-13(16)10-12(15)11-18/h7-8,10-11,14H,2-6,9H2,1H3. The van der Waals surface area contributed by atoms with Crippen LogP contribution in [0.25, 0.3) is 0 Å². The van der Waals surface area contributed by atoms with Crippen molar-refractivity contribution in [2.75, 3.05) is 11.4 Å². The van der Waals surface area contributed by atoms with Gasteiger partial charge in [-0.2, -0.15) is 0 Å². The van der Waals surface area contributed by atoms with Gasteiger partial charge in [-0.25, -0.2) is 0 Å². The Morgan fingerprint density at radius 2 is 2.28 bits per heavy atom. The molecule has 1 unspecified atom stereocenters. The molecule has 3 heteroatoms. The zero-order valence-electron chi connectivity index (χ0n) is 10.9. The smallest absolute Gasteiger partial charge is 0.152 e. The van der Waals surface area contributed by atoms with Gasteiger partial charge in [-0.15, -0.1) is 0 Å². The first-order valence-electron chi connectivity index (χ1n) is 6.77. The lowest BCUT2D eigenvalue weighted by atomic mass is 9.96. The van der Waals surface area contributed by atoms with E-state index in [0.717, 1.165) is 28.6 Å². The largest absolute Gasteiger partial charge is 0.368 e. The van der Waals surface area contributed by atoms with Gasteiger partial charge in [0.25, 0.3) is 0 Å². The van der Waals surface area contributed by atoms with Crippen molar-refractivity contribution in [1.29, 1.82) is 0 Å². The average molecular weight is 310 g/mol. The molecular weight excluding hydrogens is 290 g/mol. The average Bonchev–Trinajstić information content (AvgIpc) is 2.40. The fraction of sp³-hybridized carbons (Fsp3) is 0.533. The van der Waals surface area contributed by atoms with Gasteiger partial charge >= 0.3 is 0 Å². The van der Waals surface area contributed by atoms with Gasteiger partial charge in [-0.1, -0.05) is 29.3 Å². The summed E-state index contributed by atoms with van der Waals surface area (Å²) in [6, 6.07) is 6.62. The van der Waals surface area contributed by atoms with Gasteiger partial charge in [0.2, 0.25) is 0 Å². The molecule has 1 fully saturated rings. The highest BCUT2D eigenvalue weighted by molar-refractivity contribution is 9.10. The fourth-order valence-corrected chi connectivity index (χ4v) is 3.21. The molecule has 0 amide bonds. The van der Waals surface area contributed by atoms with Crippen LogP contribution in [0.5, 0.6) is 0 Å². The lowest BCUT2D eigenvalue weighted by Crippen LogP contribution is -2.40. The van der Waals surface area contributed by atoms with E-state index in [4.69, 9.17) is 0 Å². The molecule has 1 aliphatic heterocycles. The van der Waals surface area contributed by atoms with E-state index < -0.39 is 0 Å². The Morgan fingerprint density at radius 1 is 1.44 bits per heavy atom. The Hall–Kier alpha value is -0.830. The zero-order chi connectivity index (χ0) is 13.0. The summed E-state index contributed by atoms with van der Waals surface area (Å²) in [6.07, 6.45) is 7.19. The molecule has 18 heavy (non-hydrogen) atoms. The van der Waals surface area contributed by atoms with Gasteiger partial charge in [0.15, 0.2) is 6.29 Å². The van der Waals surface area contributed by atoms with Crippen LogP contribution < -0.4 is 4.90 Å². The Balaban J connectivity index is 2.30. The molecule has 98 valence electrons. The normalized spacial score (nSPS) is 19.9. The van der Waals surface area contributed by atoms with Gasteiger partial charge in [0, 0.05) is 28.3 Å². The summed E-state index contributed by atoms with van der Waals surface area (Å²) in [5, 5.41) is 0. The van der Waals surface area contributed by atoms with Crippen molar-refractivity contribution in [3.8, 4) is 0 Å². The number of hydrogen-bond acceptors (Lipinski definition) is 2. The minimum Gasteiger partial charge on any atom is -0.368 e. The van der Waals surface area contributed by atoms with Crippen LogP contribution in [-0.2, 0) is 0 Å². The second-order valence-corrected chi connectivity index (χ2v) is 5.87. The van der Waals surface area contributed by atoms with Gasteiger partial charge < -0.3 is 4.90 Å². The maximum atomic E-state index is 11.2. The van der Waals surface area contributed by atoms with E-state index in [2.05, 4.69) is 33.8 Å². The summed E-state index contributed by atoms with van der Waals surface area (Å²) >= 11 is 3.43. The van der Waals surface area contributed by atoms with E-state index in [1.807, 2.05) is 12.1 Å². The lowest BCUT2D eigenvalue weighted by Gasteiger charge is -2.38. The van der Waals surface area contributed by atoms with Crippen LogP contribution in [-0.4, -0.2) is 18.9 Å². The highest BCUT2D eigenvalue weighted by atomic mass is 79.9. The van der Waals surface area contributed by atoms with Gasteiger partial charge in [0.05, 0.1) is 0 Å². The Kier molecular flexibility index (Phi) is 4.81. The van der Waals surface area contributed by atoms with Crippen molar-refractivity contribution >= 4 is 27.9 Å². The maximum absolute atomic E-state index is 11.2. The molecule has 1 saturated heterocycles. The summed E-state index contributed by atoms with van der Waals surface area (Å²) in [4.78, 5) is 13.7. The molecule has 0 aromatic heterocycles. The van der Waals surface area contributed by atoms with E-state index in [9.17, 15) is 4.79 Å². The number of aldehydes is 1. The number of benzene rings is 1. The molecule has 1 aromatic rings. The van der Waals surface area contributed by atoms with Crippen molar-refractivity contribution in [1.82, 2.24) is 0 Å². The van der Waals surface area contributed by atoms with Gasteiger partial charge in [-0.05, 0) is 43.9 Å². The Bertz CT molecular complexity index is 417. The van der Waals surface area contributed by atoms with Crippen molar-refractivity contribution in [2.24, 2.45) is 0 Å². The van der Waals surface area contributed by atoms with Crippen LogP contribution in [0.2, 0.25) is 0 Å². The number of hydrogen-bond donors (Lipinski definition) is 0. The van der Waals surface area contributed by atoms with E-state index in [-0.39, 0.29) is 0 Å². The predicted octanol–water partition coefficient (Wildman–Crippen LogP) is 4.42. The highest BCUT2D eigenvalue weighted by Gasteiger charge is 2.23. The number of carbonyl (C=O) groups excluding carboxylic acids is 1. The molecule has 0 N–H and O–H groups in total. The quantitative estimate of drug-likeness (QED) is 0.767. The number of piperidine rings is 1. The monoisotopic (exact) mass is 309 g/mol. The summed E-state index contributed by atoms with van der Waals surface area (Å²) in [6.45, 7) is 3.31. The molecule has 1 heterocycles. The summed E-state index contributed by atoms with van der Waals surface area (Å²) < 4.78 is 0.970. The fourth-order valence-electron chi connectivity index (χ4n) is 2.83. The van der Waals surface area contributed by atoms with Crippen LogP contribution in [0, 0.1) is 0 Å². The summed E-state index contributed by atoms with van der Waals surface area (Å²) in [5.41, 5.74) is 1.90. The van der Waals surface area contributed by atoms with Crippen molar-refractivity contribution in [2.45, 2.75) is 45.1 Å². The molecule has 2 nitrogen and oxygen atoms in total. The predicted molar refractivity (Wildman–Crippen MR) is 79.4 cm³/mol. The zero-order valence-corrected chi connectivity index (χ0v) is 12.4. The number of halogens is 1. The Labute approximate surface area is 117 Å². The van der Waals surface area contributed by atoms with Crippen LogP contribution >= 0.6 is 15.9 Å². The number of anilines is 1. The molecule has 0 saturated carbocycles. The van der Waals surface area contributed by atoms with E-state index in [1.165, 1.54) is 32.1 Å².